The fourth-order valence-corrected chi connectivity index (χ4v) is 4.53. The molecule has 3 rings (SSSR count). The first kappa shape index (κ1) is 29.1. The van der Waals surface area contributed by atoms with Crippen molar-refractivity contribution >= 4 is 11.9 Å². The van der Waals surface area contributed by atoms with Crippen LogP contribution in [0.1, 0.15) is 75.7 Å². The normalized spacial score (nSPS) is 16.2. The number of fused-ring (bicyclic) bond motifs is 1. The third kappa shape index (κ3) is 7.55. The Morgan fingerprint density at radius 2 is 1.58 bits per heavy atom. The number of hydrogen-bond acceptors (Lipinski definition) is 8. The summed E-state index contributed by atoms with van der Waals surface area (Å²) >= 11 is 0. The SMILES string of the molecule is COc1cc([C@@H]2Oc3c(OC)cc(CCCOC(=O)CC(C)C)cc3[C@H]2COC(=O)CC(C)C)ccc1O. The number of phenolic OH excluding ortho intramolecular Hbond substituents is 1. The monoisotopic (exact) mass is 528 g/mol. The van der Waals surface area contributed by atoms with E-state index >= 15 is 0 Å². The summed E-state index contributed by atoms with van der Waals surface area (Å²) in [6.45, 7) is 8.38. The van der Waals surface area contributed by atoms with Gasteiger partial charge in [0, 0.05) is 18.4 Å². The summed E-state index contributed by atoms with van der Waals surface area (Å²) in [6, 6.07) is 9.04. The zero-order chi connectivity index (χ0) is 27.8. The molecule has 208 valence electrons. The van der Waals surface area contributed by atoms with Gasteiger partial charge in [-0.3, -0.25) is 9.59 Å². The summed E-state index contributed by atoms with van der Waals surface area (Å²) in [5, 5.41) is 10.1. The second kappa shape index (κ2) is 13.4. The molecule has 0 aliphatic carbocycles. The van der Waals surface area contributed by atoms with Gasteiger partial charge in [0.1, 0.15) is 12.7 Å². The largest absolute Gasteiger partial charge is 0.504 e. The lowest BCUT2D eigenvalue weighted by Gasteiger charge is -2.20. The second-order valence-electron chi connectivity index (χ2n) is 10.5. The number of rotatable bonds is 13. The van der Waals surface area contributed by atoms with Crippen LogP contribution in [0, 0.1) is 11.8 Å². The number of ether oxygens (including phenoxy) is 5. The number of carbonyl (C=O) groups excluding carboxylic acids is 2. The number of carbonyl (C=O) groups is 2. The van der Waals surface area contributed by atoms with Crippen molar-refractivity contribution in [2.45, 2.75) is 65.4 Å². The van der Waals surface area contributed by atoms with Crippen LogP contribution in [0.25, 0.3) is 0 Å². The maximum absolute atomic E-state index is 12.4. The third-order valence-corrected chi connectivity index (χ3v) is 6.35. The molecule has 2 aromatic rings. The summed E-state index contributed by atoms with van der Waals surface area (Å²) in [6.07, 6.45) is 1.60. The van der Waals surface area contributed by atoms with Crippen molar-refractivity contribution < 1.29 is 38.4 Å². The first-order valence-electron chi connectivity index (χ1n) is 13.2. The summed E-state index contributed by atoms with van der Waals surface area (Å²) in [5.74, 6) is 1.25. The van der Waals surface area contributed by atoms with Gasteiger partial charge in [-0.15, -0.1) is 0 Å². The second-order valence-corrected chi connectivity index (χ2v) is 10.5. The van der Waals surface area contributed by atoms with Gasteiger partial charge in [-0.25, -0.2) is 0 Å². The van der Waals surface area contributed by atoms with Crippen LogP contribution in [0.3, 0.4) is 0 Å². The molecule has 8 nitrogen and oxygen atoms in total. The minimum Gasteiger partial charge on any atom is -0.504 e. The van der Waals surface area contributed by atoms with E-state index in [0.29, 0.717) is 49.5 Å². The van der Waals surface area contributed by atoms with Crippen LogP contribution in [0.4, 0.5) is 0 Å². The molecule has 0 saturated heterocycles. The standard InChI is InChI=1S/C30H40O8/c1-18(2)12-27(32)36-11-7-8-20-14-22-23(17-37-28(33)13-19(3)4)29(38-30(22)26(15-20)35-6)21-9-10-24(31)25(16-21)34-5/h9-10,14-16,18-19,23,29,31H,7-8,11-13,17H2,1-6H3/t23-,29+/m1/s1. The van der Waals surface area contributed by atoms with E-state index in [1.165, 1.54) is 7.11 Å². The fraction of sp³-hybridized carbons (Fsp3) is 0.533. The highest BCUT2D eigenvalue weighted by Crippen LogP contribution is 2.51. The third-order valence-electron chi connectivity index (χ3n) is 6.35. The van der Waals surface area contributed by atoms with Gasteiger partial charge in [-0.1, -0.05) is 39.8 Å². The number of phenols is 1. The summed E-state index contributed by atoms with van der Waals surface area (Å²) < 4.78 is 28.5. The lowest BCUT2D eigenvalue weighted by atomic mass is 9.90. The van der Waals surface area contributed by atoms with Crippen molar-refractivity contribution in [1.82, 2.24) is 0 Å². The van der Waals surface area contributed by atoms with Crippen molar-refractivity contribution in [2.24, 2.45) is 11.8 Å². The Labute approximate surface area is 225 Å². The Kier molecular flexibility index (Phi) is 10.3. The molecule has 0 unspecified atom stereocenters. The molecule has 1 aliphatic rings. The zero-order valence-electron chi connectivity index (χ0n) is 23.2. The van der Waals surface area contributed by atoms with E-state index in [2.05, 4.69) is 0 Å². The zero-order valence-corrected chi connectivity index (χ0v) is 23.2. The Morgan fingerprint density at radius 3 is 2.21 bits per heavy atom. The molecule has 1 N–H and O–H groups in total. The minimum atomic E-state index is -0.479. The topological polar surface area (TPSA) is 101 Å². The highest BCUT2D eigenvalue weighted by molar-refractivity contribution is 5.70. The summed E-state index contributed by atoms with van der Waals surface area (Å²) in [5.41, 5.74) is 2.67. The molecule has 2 atom stereocenters. The van der Waals surface area contributed by atoms with Crippen LogP contribution in [-0.4, -0.2) is 44.5 Å². The van der Waals surface area contributed by atoms with Gasteiger partial charge in [-0.05, 0) is 54.0 Å². The van der Waals surface area contributed by atoms with Crippen LogP contribution in [0.2, 0.25) is 0 Å². The Balaban J connectivity index is 1.85. The maximum Gasteiger partial charge on any atom is 0.306 e. The molecule has 0 aromatic heterocycles. The van der Waals surface area contributed by atoms with Gasteiger partial charge >= 0.3 is 11.9 Å². The molecule has 0 amide bonds. The number of benzene rings is 2. The van der Waals surface area contributed by atoms with Crippen LogP contribution < -0.4 is 14.2 Å². The van der Waals surface area contributed by atoms with Crippen LogP contribution >= 0.6 is 0 Å². The molecule has 0 saturated carbocycles. The molecule has 2 aromatic carbocycles. The lowest BCUT2D eigenvalue weighted by Crippen LogP contribution is -2.19. The molecule has 0 radical (unpaired) electrons. The van der Waals surface area contributed by atoms with E-state index in [4.69, 9.17) is 23.7 Å². The first-order valence-corrected chi connectivity index (χ1v) is 13.2. The van der Waals surface area contributed by atoms with Gasteiger partial charge in [0.25, 0.3) is 0 Å². The van der Waals surface area contributed by atoms with Crippen molar-refractivity contribution in [3.63, 3.8) is 0 Å². The predicted octanol–water partition coefficient (Wildman–Crippen LogP) is 5.74. The van der Waals surface area contributed by atoms with Crippen LogP contribution in [-0.2, 0) is 25.5 Å². The number of aryl methyl sites for hydroxylation is 1. The van der Waals surface area contributed by atoms with Gasteiger partial charge in [0.05, 0.1) is 26.7 Å². The van der Waals surface area contributed by atoms with Crippen LogP contribution in [0.15, 0.2) is 30.3 Å². The summed E-state index contributed by atoms with van der Waals surface area (Å²) in [7, 11) is 3.08. The fourth-order valence-electron chi connectivity index (χ4n) is 4.53. The van der Waals surface area contributed by atoms with E-state index in [1.807, 2.05) is 39.8 Å². The number of methoxy groups -OCH3 is 2. The van der Waals surface area contributed by atoms with E-state index in [-0.39, 0.29) is 42.0 Å². The van der Waals surface area contributed by atoms with E-state index < -0.39 is 6.10 Å². The molecule has 0 spiro atoms. The molecule has 1 heterocycles. The maximum atomic E-state index is 12.4. The summed E-state index contributed by atoms with van der Waals surface area (Å²) in [4.78, 5) is 24.3. The molecule has 0 bridgehead atoms. The molecule has 0 fully saturated rings. The highest BCUT2D eigenvalue weighted by atomic mass is 16.5. The number of hydrogen-bond donors (Lipinski definition) is 1. The average Bonchev–Trinajstić information content (AvgIpc) is 3.22. The predicted molar refractivity (Wildman–Crippen MR) is 143 cm³/mol. The quantitative estimate of drug-likeness (QED) is 0.260. The molecule has 8 heteroatoms. The number of esters is 2. The molecule has 38 heavy (non-hydrogen) atoms. The smallest absolute Gasteiger partial charge is 0.306 e. The van der Waals surface area contributed by atoms with Gasteiger partial charge in [-0.2, -0.15) is 0 Å². The lowest BCUT2D eigenvalue weighted by molar-refractivity contribution is -0.146. The van der Waals surface area contributed by atoms with Gasteiger partial charge in [0.15, 0.2) is 23.0 Å². The van der Waals surface area contributed by atoms with E-state index in [9.17, 15) is 14.7 Å². The Hall–Kier alpha value is -3.42. The Bertz CT molecular complexity index is 1110. The van der Waals surface area contributed by atoms with Crippen molar-refractivity contribution in [2.75, 3.05) is 27.4 Å². The molecule has 1 aliphatic heterocycles. The van der Waals surface area contributed by atoms with Gasteiger partial charge in [0.2, 0.25) is 0 Å². The van der Waals surface area contributed by atoms with E-state index in [0.717, 1.165) is 16.7 Å². The van der Waals surface area contributed by atoms with Crippen molar-refractivity contribution in [1.29, 1.82) is 0 Å². The van der Waals surface area contributed by atoms with Gasteiger partial charge < -0.3 is 28.8 Å². The van der Waals surface area contributed by atoms with Crippen LogP contribution in [0.5, 0.6) is 23.0 Å². The molecular weight excluding hydrogens is 488 g/mol. The molecular formula is C30H40O8. The number of aromatic hydroxyl groups is 1. The van der Waals surface area contributed by atoms with E-state index in [1.54, 1.807) is 25.3 Å². The average molecular weight is 529 g/mol. The van der Waals surface area contributed by atoms with Crippen molar-refractivity contribution in [3.8, 4) is 23.0 Å². The first-order chi connectivity index (χ1) is 18.1. The Morgan fingerprint density at radius 1 is 0.921 bits per heavy atom. The van der Waals surface area contributed by atoms with Crippen molar-refractivity contribution in [3.05, 3.63) is 47.0 Å². The minimum absolute atomic E-state index is 0.0284. The highest BCUT2D eigenvalue weighted by Gasteiger charge is 2.39.